The first-order valence-electron chi connectivity index (χ1n) is 11.3. The molecule has 2 heterocycles. The summed E-state index contributed by atoms with van der Waals surface area (Å²) >= 11 is 0. The fourth-order valence-electron chi connectivity index (χ4n) is 4.11. The van der Waals surface area contributed by atoms with E-state index in [1.54, 1.807) is 23.2 Å². The molecule has 0 spiro atoms. The maximum Gasteiger partial charge on any atom is 0.305 e. The number of hydrogen-bond donors (Lipinski definition) is 2. The molecule has 1 saturated heterocycles. The van der Waals surface area contributed by atoms with E-state index in [9.17, 15) is 14.7 Å². The number of carboxylic acids is 1. The highest BCUT2D eigenvalue weighted by Gasteiger charge is 2.36. The summed E-state index contributed by atoms with van der Waals surface area (Å²) in [7, 11) is 0. The second-order valence-electron chi connectivity index (χ2n) is 8.98. The zero-order valence-corrected chi connectivity index (χ0v) is 19.2. The first kappa shape index (κ1) is 23.7. The van der Waals surface area contributed by atoms with Crippen LogP contribution in [0.25, 0.3) is 0 Å². The Hall–Kier alpha value is -2.93. The van der Waals surface area contributed by atoms with Gasteiger partial charge in [-0.25, -0.2) is 4.98 Å². The molecule has 0 radical (unpaired) electrons. The van der Waals surface area contributed by atoms with Crippen LogP contribution < -0.4 is 5.32 Å². The molecule has 1 fully saturated rings. The molecule has 1 aromatic carbocycles. The summed E-state index contributed by atoms with van der Waals surface area (Å²) < 4.78 is 0. The Labute approximate surface area is 190 Å². The van der Waals surface area contributed by atoms with Crippen LogP contribution in [0.5, 0.6) is 0 Å². The van der Waals surface area contributed by atoms with E-state index >= 15 is 0 Å². The van der Waals surface area contributed by atoms with Gasteiger partial charge in [0.05, 0.1) is 18.0 Å². The van der Waals surface area contributed by atoms with Gasteiger partial charge in [0.2, 0.25) is 0 Å². The second-order valence-corrected chi connectivity index (χ2v) is 8.98. The molecule has 172 valence electrons. The smallest absolute Gasteiger partial charge is 0.305 e. The van der Waals surface area contributed by atoms with Crippen molar-refractivity contribution in [2.75, 3.05) is 25.0 Å². The van der Waals surface area contributed by atoms with Crippen LogP contribution in [-0.2, 0) is 11.3 Å². The molecule has 0 unspecified atom stereocenters. The minimum atomic E-state index is -0.900. The lowest BCUT2D eigenvalue weighted by Gasteiger charge is -2.45. The molecule has 3 rings (SSSR count). The number of pyridine rings is 1. The lowest BCUT2D eigenvalue weighted by Crippen LogP contribution is -2.59. The Bertz CT molecular complexity index is 903. The summed E-state index contributed by atoms with van der Waals surface area (Å²) in [6.45, 7) is 8.85. The van der Waals surface area contributed by atoms with E-state index in [2.05, 4.69) is 48.1 Å². The number of nitrogens with one attached hydrogen (secondary N) is 1. The predicted molar refractivity (Wildman–Crippen MR) is 126 cm³/mol. The topological polar surface area (TPSA) is 85.8 Å². The molecule has 1 aromatic heterocycles. The van der Waals surface area contributed by atoms with Gasteiger partial charge in [0.15, 0.2) is 0 Å². The van der Waals surface area contributed by atoms with Crippen LogP contribution in [0.15, 0.2) is 48.7 Å². The van der Waals surface area contributed by atoms with Crippen LogP contribution in [-0.4, -0.2) is 63.5 Å². The molecular formula is C25H34N4O3. The van der Waals surface area contributed by atoms with Crippen molar-refractivity contribution in [1.82, 2.24) is 14.8 Å². The summed E-state index contributed by atoms with van der Waals surface area (Å²) in [6.07, 6.45) is 2.56. The number of carbonyl (C=O) groups is 2. The fraction of sp³-hybridized carbons (Fsp3) is 0.480. The molecular weight excluding hydrogens is 404 g/mol. The molecule has 32 heavy (non-hydrogen) atoms. The quantitative estimate of drug-likeness (QED) is 0.621. The average molecular weight is 439 g/mol. The molecule has 1 aliphatic rings. The first-order chi connectivity index (χ1) is 15.3. The largest absolute Gasteiger partial charge is 0.481 e. The van der Waals surface area contributed by atoms with E-state index in [-0.39, 0.29) is 18.4 Å². The van der Waals surface area contributed by atoms with Crippen LogP contribution in [0, 0.1) is 5.92 Å². The van der Waals surface area contributed by atoms with Crippen molar-refractivity contribution in [2.24, 2.45) is 5.92 Å². The number of rotatable bonds is 9. The highest BCUT2D eigenvalue weighted by atomic mass is 16.4. The number of aromatic nitrogens is 1. The van der Waals surface area contributed by atoms with E-state index in [0.29, 0.717) is 30.4 Å². The molecule has 1 amide bonds. The Morgan fingerprint density at radius 1 is 1.16 bits per heavy atom. The molecule has 1 aliphatic heterocycles. The summed E-state index contributed by atoms with van der Waals surface area (Å²) in [5, 5.41) is 12.8. The van der Waals surface area contributed by atoms with E-state index in [4.69, 9.17) is 0 Å². The molecule has 2 aromatic rings. The number of anilines is 1. The van der Waals surface area contributed by atoms with Gasteiger partial charge in [0.25, 0.3) is 5.91 Å². The van der Waals surface area contributed by atoms with Crippen molar-refractivity contribution < 1.29 is 14.7 Å². The third-order valence-electron chi connectivity index (χ3n) is 5.92. The zero-order valence-electron chi connectivity index (χ0n) is 19.2. The molecule has 2 N–H and O–H groups in total. The number of carbonyl (C=O) groups excluding carboxylic acids is 1. The minimum Gasteiger partial charge on any atom is -0.481 e. The third kappa shape index (κ3) is 6.29. The maximum absolute atomic E-state index is 13.6. The molecule has 0 saturated carbocycles. The molecule has 0 aliphatic carbocycles. The van der Waals surface area contributed by atoms with Crippen LogP contribution in [0.3, 0.4) is 0 Å². The van der Waals surface area contributed by atoms with E-state index in [0.717, 1.165) is 19.5 Å². The van der Waals surface area contributed by atoms with Crippen molar-refractivity contribution in [3.63, 3.8) is 0 Å². The van der Waals surface area contributed by atoms with E-state index in [1.807, 2.05) is 18.2 Å². The van der Waals surface area contributed by atoms with Gasteiger partial charge in [0, 0.05) is 38.4 Å². The van der Waals surface area contributed by atoms with Crippen molar-refractivity contribution in [3.05, 3.63) is 59.8 Å². The first-order valence-corrected chi connectivity index (χ1v) is 11.3. The van der Waals surface area contributed by atoms with Crippen molar-refractivity contribution in [2.45, 2.75) is 52.2 Å². The number of nitrogens with zero attached hydrogens (tertiary/aromatic N) is 3. The van der Waals surface area contributed by atoms with Gasteiger partial charge in [-0.1, -0.05) is 44.2 Å². The van der Waals surface area contributed by atoms with Gasteiger partial charge in [-0.2, -0.15) is 0 Å². The number of benzene rings is 1. The minimum absolute atomic E-state index is 0.0832. The average Bonchev–Trinajstić information content (AvgIpc) is 2.76. The van der Waals surface area contributed by atoms with E-state index in [1.165, 1.54) is 5.56 Å². The number of aliphatic carboxylic acids is 1. The van der Waals surface area contributed by atoms with Crippen molar-refractivity contribution in [3.8, 4) is 0 Å². The number of hydrogen-bond acceptors (Lipinski definition) is 5. The number of carboxylic acid groups (broad SMARTS) is 1. The Balaban J connectivity index is 1.78. The lowest BCUT2D eigenvalue weighted by atomic mass is 10.0. The SMILES string of the molecule is CC(C)CCNc1ncccc1C(=O)N1C[C@H](C)N(Cc2ccccc2)C[C@H]1CC(=O)O. The molecule has 0 bridgehead atoms. The zero-order chi connectivity index (χ0) is 23.1. The van der Waals surface area contributed by atoms with Crippen LogP contribution in [0.1, 0.15) is 49.5 Å². The van der Waals surface area contributed by atoms with Gasteiger partial charge in [-0.3, -0.25) is 14.5 Å². The Morgan fingerprint density at radius 3 is 2.59 bits per heavy atom. The van der Waals surface area contributed by atoms with Crippen LogP contribution >= 0.6 is 0 Å². The van der Waals surface area contributed by atoms with Gasteiger partial charge >= 0.3 is 5.97 Å². The van der Waals surface area contributed by atoms with Gasteiger partial charge in [-0.15, -0.1) is 0 Å². The monoisotopic (exact) mass is 438 g/mol. The second kappa shape index (κ2) is 11.1. The highest BCUT2D eigenvalue weighted by molar-refractivity contribution is 5.99. The predicted octanol–water partition coefficient (Wildman–Crippen LogP) is 3.73. The van der Waals surface area contributed by atoms with Gasteiger partial charge in [-0.05, 0) is 37.0 Å². The summed E-state index contributed by atoms with van der Waals surface area (Å²) in [4.78, 5) is 33.5. The lowest BCUT2D eigenvalue weighted by molar-refractivity contribution is -0.139. The Morgan fingerprint density at radius 2 is 1.91 bits per heavy atom. The van der Waals surface area contributed by atoms with Crippen LogP contribution in [0.2, 0.25) is 0 Å². The van der Waals surface area contributed by atoms with Gasteiger partial charge in [0.1, 0.15) is 5.82 Å². The molecule has 7 nitrogen and oxygen atoms in total. The fourth-order valence-corrected chi connectivity index (χ4v) is 4.11. The molecule has 2 atom stereocenters. The Kier molecular flexibility index (Phi) is 8.22. The number of amides is 1. The van der Waals surface area contributed by atoms with Crippen LogP contribution in [0.4, 0.5) is 5.82 Å². The van der Waals surface area contributed by atoms with Gasteiger partial charge < -0.3 is 15.3 Å². The molecule has 7 heteroatoms. The standard InChI is InChI=1S/C25H34N4O3/c1-18(2)11-13-27-24-22(10-7-12-26-24)25(32)29-15-19(3)28(17-21(29)14-23(30)31)16-20-8-5-4-6-9-20/h4-10,12,18-19,21H,11,13-17H2,1-3H3,(H,26,27)(H,30,31)/t19-,21+/m0/s1. The maximum atomic E-state index is 13.6. The summed E-state index contributed by atoms with van der Waals surface area (Å²) in [5.41, 5.74) is 1.67. The summed E-state index contributed by atoms with van der Waals surface area (Å²) in [5.74, 6) is 0.0431. The normalized spacial score (nSPS) is 19.2. The van der Waals surface area contributed by atoms with E-state index < -0.39 is 12.0 Å². The van der Waals surface area contributed by atoms with Crippen molar-refractivity contribution in [1.29, 1.82) is 0 Å². The van der Waals surface area contributed by atoms with Crippen molar-refractivity contribution >= 4 is 17.7 Å². The third-order valence-corrected chi connectivity index (χ3v) is 5.92. The summed E-state index contributed by atoms with van der Waals surface area (Å²) in [6, 6.07) is 13.4. The number of piperazine rings is 1. The highest BCUT2D eigenvalue weighted by Crippen LogP contribution is 2.24.